The van der Waals surface area contributed by atoms with Gasteiger partial charge in [-0.3, -0.25) is 34.6 Å². The third kappa shape index (κ3) is 4.53. The fraction of sp³-hybridized carbons (Fsp3) is 0.195. The van der Waals surface area contributed by atoms with E-state index in [9.17, 15) is 0 Å². The molecule has 0 saturated carbocycles. The first kappa shape index (κ1) is 30.0. The van der Waals surface area contributed by atoms with Gasteiger partial charge in [-0.2, -0.15) is 0 Å². The number of ketones is 3. The van der Waals surface area contributed by atoms with Gasteiger partial charge in [0.2, 0.25) is 0 Å². The number of aromatic nitrogens is 2. The third-order valence-electron chi connectivity index (χ3n) is 10.3. The molecule has 2 fully saturated rings. The van der Waals surface area contributed by atoms with Crippen LogP contribution in [-0.2, 0) is 11.3 Å². The monoisotopic (exact) mass is 630 g/mol. The zero-order chi connectivity index (χ0) is 32.9. The molecular formula is C41H34N4O3. The number of Topliss-reactive ketones (excluding diaryl/α,β-unsaturated/α-hetero) is 3. The van der Waals surface area contributed by atoms with E-state index in [1.54, 1.807) is 49.1 Å². The Morgan fingerprint density at radius 1 is 0.750 bits per heavy atom. The molecule has 0 amide bonds. The molecule has 7 nitrogen and oxygen atoms in total. The maximum absolute atomic E-state index is 15.7. The van der Waals surface area contributed by atoms with Gasteiger partial charge in [-0.05, 0) is 47.4 Å². The van der Waals surface area contributed by atoms with Gasteiger partial charge in [-0.15, -0.1) is 0 Å². The first-order valence-electron chi connectivity index (χ1n) is 16.3. The molecule has 1 aliphatic carbocycles. The van der Waals surface area contributed by atoms with Crippen LogP contribution in [0.5, 0.6) is 0 Å². The van der Waals surface area contributed by atoms with Crippen LogP contribution in [0.3, 0.4) is 0 Å². The van der Waals surface area contributed by atoms with Gasteiger partial charge in [0.05, 0.1) is 5.41 Å². The number of fused-ring (bicyclic) bond motifs is 2. The van der Waals surface area contributed by atoms with Crippen LogP contribution < -0.4 is 5.32 Å². The van der Waals surface area contributed by atoms with E-state index < -0.39 is 22.9 Å². The largest absolute Gasteiger partial charge is 0.294 e. The number of hydrogen-bond acceptors (Lipinski definition) is 7. The summed E-state index contributed by atoms with van der Waals surface area (Å²) in [6, 6.07) is 32.2. The Labute approximate surface area is 279 Å². The van der Waals surface area contributed by atoms with Crippen LogP contribution in [0.15, 0.2) is 133 Å². The lowest BCUT2D eigenvalue weighted by molar-refractivity contribution is -0.131. The summed E-state index contributed by atoms with van der Waals surface area (Å²) in [4.78, 5) is 56.9. The molecule has 0 radical (unpaired) electrons. The minimum Gasteiger partial charge on any atom is -0.294 e. The summed E-state index contributed by atoms with van der Waals surface area (Å²) in [6.07, 6.45) is 8.77. The Morgan fingerprint density at radius 3 is 2.06 bits per heavy atom. The van der Waals surface area contributed by atoms with Crippen LogP contribution >= 0.6 is 0 Å². The second kappa shape index (κ2) is 11.7. The summed E-state index contributed by atoms with van der Waals surface area (Å²) in [6.45, 7) is 3.09. The first-order chi connectivity index (χ1) is 23.4. The van der Waals surface area contributed by atoms with Gasteiger partial charge in [0.15, 0.2) is 22.9 Å². The van der Waals surface area contributed by atoms with Gasteiger partial charge in [0.25, 0.3) is 0 Å². The standard InChI is InChI=1S/C41H34N4O3/c1-27-15-17-30(18-16-27)36-35(31-12-8-20-43-23-31)40(41(44-36)38(47)33-13-5-6-14-34(33)39(41)48)26-45(24-28-9-3-2-4-10-28)25-32(37(40)46)21-29-11-7-19-42-22-29/h2-23,35-36,44H,24-26H2,1H3. The predicted molar refractivity (Wildman–Crippen MR) is 183 cm³/mol. The molecule has 3 aliphatic rings. The zero-order valence-electron chi connectivity index (χ0n) is 26.5. The van der Waals surface area contributed by atoms with Gasteiger partial charge in [0, 0.05) is 73.1 Å². The van der Waals surface area contributed by atoms with Gasteiger partial charge >= 0.3 is 0 Å². The molecular weight excluding hydrogens is 596 g/mol. The van der Waals surface area contributed by atoms with Crippen molar-refractivity contribution in [2.75, 3.05) is 13.1 Å². The fourth-order valence-electron chi connectivity index (χ4n) is 8.31. The molecule has 4 heterocycles. The molecule has 48 heavy (non-hydrogen) atoms. The molecule has 1 N–H and O–H groups in total. The van der Waals surface area contributed by atoms with E-state index in [-0.39, 0.29) is 23.9 Å². The number of aryl methyl sites for hydroxylation is 1. The van der Waals surface area contributed by atoms with Crippen molar-refractivity contribution in [3.63, 3.8) is 0 Å². The topological polar surface area (TPSA) is 92.3 Å². The van der Waals surface area contributed by atoms with Gasteiger partial charge < -0.3 is 0 Å². The molecule has 2 spiro atoms. The van der Waals surface area contributed by atoms with Crippen LogP contribution in [0.1, 0.15) is 60.5 Å². The van der Waals surface area contributed by atoms with Crippen molar-refractivity contribution in [2.24, 2.45) is 5.41 Å². The number of likely N-dealkylation sites (tertiary alicyclic amines) is 1. The van der Waals surface area contributed by atoms with Crippen LogP contribution in [0.4, 0.5) is 0 Å². The number of benzene rings is 3. The minimum atomic E-state index is -1.85. The number of carbonyl (C=O) groups is 3. The lowest BCUT2D eigenvalue weighted by Gasteiger charge is -2.49. The summed E-state index contributed by atoms with van der Waals surface area (Å²) < 4.78 is 0. The van der Waals surface area contributed by atoms with E-state index in [4.69, 9.17) is 0 Å². The summed E-state index contributed by atoms with van der Waals surface area (Å²) in [7, 11) is 0. The number of carbonyl (C=O) groups excluding carboxylic acids is 3. The molecule has 3 unspecified atom stereocenters. The molecule has 3 atom stereocenters. The molecule has 3 aromatic carbocycles. The SMILES string of the molecule is Cc1ccc(C2NC3(C(=O)c4ccccc4C3=O)C3(CN(Cc4ccccc4)CC(=Cc4cccnc4)C3=O)C2c2cccnc2)cc1. The Bertz CT molecular complexity index is 2030. The van der Waals surface area contributed by atoms with Crippen LogP contribution in [0, 0.1) is 12.3 Å². The lowest BCUT2D eigenvalue weighted by Crippen LogP contribution is -2.69. The first-order valence-corrected chi connectivity index (χ1v) is 16.3. The van der Waals surface area contributed by atoms with Crippen LogP contribution in [-0.4, -0.2) is 50.8 Å². The molecule has 236 valence electrons. The van der Waals surface area contributed by atoms with E-state index in [0.29, 0.717) is 29.8 Å². The molecule has 2 saturated heterocycles. The number of pyridine rings is 2. The number of piperidine rings is 1. The van der Waals surface area contributed by atoms with Crippen LogP contribution in [0.2, 0.25) is 0 Å². The van der Waals surface area contributed by atoms with Gasteiger partial charge in [0.1, 0.15) is 0 Å². The van der Waals surface area contributed by atoms with E-state index in [1.165, 1.54) is 0 Å². The van der Waals surface area contributed by atoms with Gasteiger partial charge in [-0.1, -0.05) is 96.6 Å². The molecule has 5 aromatic rings. The number of hydrogen-bond donors (Lipinski definition) is 1. The second-order valence-electron chi connectivity index (χ2n) is 13.1. The van der Waals surface area contributed by atoms with Crippen molar-refractivity contribution >= 4 is 23.4 Å². The molecule has 0 bridgehead atoms. The molecule has 2 aliphatic heterocycles. The smallest absolute Gasteiger partial charge is 0.192 e. The van der Waals surface area contributed by atoms with E-state index in [1.807, 2.05) is 79.7 Å². The predicted octanol–water partition coefficient (Wildman–Crippen LogP) is 6.19. The fourth-order valence-corrected chi connectivity index (χ4v) is 8.31. The second-order valence-corrected chi connectivity index (χ2v) is 13.1. The quantitative estimate of drug-likeness (QED) is 0.183. The summed E-state index contributed by atoms with van der Waals surface area (Å²) in [5, 5.41) is 3.64. The summed E-state index contributed by atoms with van der Waals surface area (Å²) >= 11 is 0. The minimum absolute atomic E-state index is 0.186. The van der Waals surface area contributed by atoms with E-state index in [0.717, 1.165) is 27.8 Å². The van der Waals surface area contributed by atoms with Crippen molar-refractivity contribution < 1.29 is 14.4 Å². The molecule has 8 rings (SSSR count). The number of rotatable bonds is 5. The van der Waals surface area contributed by atoms with Crippen molar-refractivity contribution in [1.82, 2.24) is 20.2 Å². The highest BCUT2D eigenvalue weighted by Crippen LogP contribution is 2.63. The Hall–Kier alpha value is -5.37. The third-order valence-corrected chi connectivity index (χ3v) is 10.3. The number of nitrogens with zero attached hydrogens (tertiary/aromatic N) is 3. The highest BCUT2D eigenvalue weighted by molar-refractivity contribution is 6.36. The highest BCUT2D eigenvalue weighted by atomic mass is 16.2. The maximum atomic E-state index is 15.7. The zero-order valence-corrected chi connectivity index (χ0v) is 26.5. The Morgan fingerprint density at radius 2 is 1.42 bits per heavy atom. The maximum Gasteiger partial charge on any atom is 0.192 e. The number of nitrogens with one attached hydrogen (secondary N) is 1. The van der Waals surface area contributed by atoms with E-state index >= 15 is 14.4 Å². The highest BCUT2D eigenvalue weighted by Gasteiger charge is 2.77. The van der Waals surface area contributed by atoms with Crippen molar-refractivity contribution in [2.45, 2.75) is 31.0 Å². The Kier molecular flexibility index (Phi) is 7.31. The summed E-state index contributed by atoms with van der Waals surface area (Å²) in [5.41, 5.74) is 2.45. The average molecular weight is 631 g/mol. The van der Waals surface area contributed by atoms with Crippen LogP contribution in [0.25, 0.3) is 6.08 Å². The van der Waals surface area contributed by atoms with Crippen molar-refractivity contribution in [3.8, 4) is 0 Å². The lowest BCUT2D eigenvalue weighted by atomic mass is 9.55. The Balaban J connectivity index is 1.42. The summed E-state index contributed by atoms with van der Waals surface area (Å²) in [5.74, 6) is -1.54. The van der Waals surface area contributed by atoms with Crippen molar-refractivity contribution in [1.29, 1.82) is 0 Å². The van der Waals surface area contributed by atoms with Gasteiger partial charge in [-0.25, -0.2) is 0 Å². The van der Waals surface area contributed by atoms with E-state index in [2.05, 4.69) is 32.3 Å². The molecule has 7 heteroatoms. The average Bonchev–Trinajstić information content (AvgIpc) is 3.54. The molecule has 2 aromatic heterocycles. The normalized spacial score (nSPS) is 24.1. The van der Waals surface area contributed by atoms with Crippen molar-refractivity contribution in [3.05, 3.63) is 172 Å².